The van der Waals surface area contributed by atoms with Gasteiger partial charge in [-0.2, -0.15) is 0 Å². The number of hydrogen-bond acceptors (Lipinski definition) is 8. The molecule has 2 fully saturated rings. The van der Waals surface area contributed by atoms with Gasteiger partial charge >= 0.3 is 17.9 Å². The summed E-state index contributed by atoms with van der Waals surface area (Å²) >= 11 is 0. The number of fused-ring (bicyclic) bond motifs is 1. The van der Waals surface area contributed by atoms with E-state index in [1.54, 1.807) is 0 Å². The van der Waals surface area contributed by atoms with Gasteiger partial charge in [0.25, 0.3) is 0 Å². The van der Waals surface area contributed by atoms with Crippen LogP contribution in [0.25, 0.3) is 0 Å². The van der Waals surface area contributed by atoms with E-state index in [0.29, 0.717) is 11.5 Å². The zero-order valence-electron chi connectivity index (χ0n) is 36.8. The van der Waals surface area contributed by atoms with Crippen LogP contribution in [0, 0.1) is 0 Å². The third kappa shape index (κ3) is 13.3. The number of aromatic hydroxyl groups is 2. The van der Waals surface area contributed by atoms with Gasteiger partial charge in [0.2, 0.25) is 0 Å². The van der Waals surface area contributed by atoms with Gasteiger partial charge in [-0.05, 0) is 70.8 Å². The summed E-state index contributed by atoms with van der Waals surface area (Å²) in [6, 6.07) is 8.66. The van der Waals surface area contributed by atoms with Crippen LogP contribution in [-0.4, -0.2) is 117 Å². The van der Waals surface area contributed by atoms with E-state index < -0.39 is 18.4 Å². The maximum absolute atomic E-state index is 11.6. The van der Waals surface area contributed by atoms with Crippen molar-refractivity contribution in [3.05, 3.63) is 57.6 Å². The molecule has 2 unspecified atom stereocenters. The van der Waals surface area contributed by atoms with Crippen molar-refractivity contribution >= 4 is 30.3 Å². The molecular weight excluding hydrogens is 771 g/mol. The van der Waals surface area contributed by atoms with E-state index in [4.69, 9.17) is 20.2 Å². The number of benzene rings is 2. The van der Waals surface area contributed by atoms with Crippen LogP contribution in [-0.2, 0) is 49.6 Å². The molecule has 0 spiro atoms. The number of carboxylic acids is 2. The number of aliphatic carboxylic acids is 2. The number of carboxylic acid groups (broad SMARTS) is 2. The summed E-state index contributed by atoms with van der Waals surface area (Å²) < 4.78 is 2.42. The van der Waals surface area contributed by atoms with Crippen molar-refractivity contribution in [1.82, 2.24) is 9.80 Å². The van der Waals surface area contributed by atoms with Gasteiger partial charge in [0.1, 0.15) is 17.9 Å². The van der Waals surface area contributed by atoms with E-state index in [0.717, 1.165) is 93.5 Å². The summed E-state index contributed by atoms with van der Waals surface area (Å²) in [4.78, 5) is 34.2. The molecule has 2 atom stereocenters. The Morgan fingerprint density at radius 2 is 1.26 bits per heavy atom. The fourth-order valence-corrected chi connectivity index (χ4v) is 7.94. The monoisotopic (exact) mass is 840 g/mol. The van der Waals surface area contributed by atoms with E-state index in [9.17, 15) is 19.8 Å². The standard InChI is InChI=1S/C43H65N5O2.C3H4O4.Cr/c1-41(2,3)33-24-30(16-13-20-47-22-15-23-48-21-14-19-46(10)40(47)48)38(49)31(25-33)28-44-36-17-11-12-18-37(36)45-29-32-26-34(42(4,5)6)27-35(39(32)50)43(7,8)9;4-2(5)1-3(6)7;/h24-29,36-37H,11-23H2,1-10H3,(H-,44,45,49,50);1H2,(H,4,5)(H,6,7);/p+1. The van der Waals surface area contributed by atoms with E-state index in [-0.39, 0.29) is 45.7 Å². The van der Waals surface area contributed by atoms with Crippen LogP contribution in [0.3, 0.4) is 0 Å². The molecule has 2 aromatic carbocycles. The van der Waals surface area contributed by atoms with Crippen molar-refractivity contribution in [2.45, 2.75) is 148 Å². The van der Waals surface area contributed by atoms with Crippen LogP contribution in [0.1, 0.15) is 147 Å². The Hall–Kier alpha value is -3.88. The number of rotatable bonds is 10. The number of carbonyl (C=O) groups is 2. The molecule has 5 rings (SSSR count). The van der Waals surface area contributed by atoms with Gasteiger partial charge in [-0.15, -0.1) is 0 Å². The third-order valence-electron chi connectivity index (χ3n) is 11.3. The van der Waals surface area contributed by atoms with Crippen molar-refractivity contribution in [3.63, 3.8) is 0 Å². The van der Waals surface area contributed by atoms with Crippen molar-refractivity contribution < 1.29 is 52.0 Å². The number of aryl methyl sites for hydroxylation is 1. The van der Waals surface area contributed by atoms with Crippen molar-refractivity contribution in [1.29, 1.82) is 0 Å². The van der Waals surface area contributed by atoms with E-state index in [2.05, 4.69) is 108 Å². The first-order valence-electron chi connectivity index (χ1n) is 20.9. The molecule has 1 saturated heterocycles. The fourth-order valence-electron chi connectivity index (χ4n) is 7.94. The van der Waals surface area contributed by atoms with Crippen molar-refractivity contribution in [2.75, 3.05) is 39.8 Å². The minimum atomic E-state index is -1.31. The molecule has 2 aliphatic heterocycles. The van der Waals surface area contributed by atoms with Gasteiger partial charge in [-0.25, -0.2) is 0 Å². The zero-order valence-corrected chi connectivity index (χ0v) is 38.0. The van der Waals surface area contributed by atoms with E-state index in [1.807, 2.05) is 12.4 Å². The summed E-state index contributed by atoms with van der Waals surface area (Å²) in [7, 11) is 2.23. The number of phenolic OH excluding ortho intramolecular Hbond substituents is 2. The summed E-state index contributed by atoms with van der Waals surface area (Å²) in [5, 5.41) is 38.4. The molecule has 2 aromatic rings. The molecule has 0 amide bonds. The maximum atomic E-state index is 11.6. The molecule has 0 aromatic heterocycles. The molecular formula is C46H70CrN5O6+. The molecule has 1 saturated carbocycles. The maximum Gasteiger partial charge on any atom is 0.350 e. The minimum Gasteiger partial charge on any atom is -0.507 e. The summed E-state index contributed by atoms with van der Waals surface area (Å²) in [6.07, 6.45) is 11.4. The van der Waals surface area contributed by atoms with Crippen LogP contribution >= 0.6 is 0 Å². The second-order valence-electron chi connectivity index (χ2n) is 19.2. The second-order valence-corrected chi connectivity index (χ2v) is 19.2. The predicted molar refractivity (Wildman–Crippen MR) is 230 cm³/mol. The van der Waals surface area contributed by atoms with Gasteiger partial charge in [-0.1, -0.05) is 87.3 Å². The van der Waals surface area contributed by atoms with E-state index in [1.165, 1.54) is 29.9 Å². The number of guanidine groups is 1. The Morgan fingerprint density at radius 1 is 0.741 bits per heavy atom. The SMILES string of the molecule is C[N+]1=C2N(CCCc3cc(C(C)(C)C)cc(C=NC4CCCCC4N=Cc4cc(C(C)(C)C)cc(C(C)(C)C)c4O)c3O)CCCN2CCC1.O=C(O)CC(=O)O.[Cr]. The minimum absolute atomic E-state index is 0. The molecule has 320 valence electrons. The first-order chi connectivity index (χ1) is 26.6. The normalized spacial score (nSPS) is 19.1. The first-order valence-corrected chi connectivity index (χ1v) is 20.9. The Labute approximate surface area is 358 Å². The van der Waals surface area contributed by atoms with E-state index >= 15 is 0 Å². The molecule has 12 heteroatoms. The van der Waals surface area contributed by atoms with Crippen molar-refractivity contribution in [3.8, 4) is 11.5 Å². The van der Waals surface area contributed by atoms with Crippen LogP contribution < -0.4 is 0 Å². The molecule has 58 heavy (non-hydrogen) atoms. The average Bonchev–Trinajstić information content (AvgIpc) is 3.10. The summed E-state index contributed by atoms with van der Waals surface area (Å²) in [6.45, 7) is 25.3. The van der Waals surface area contributed by atoms with Crippen LogP contribution in [0.15, 0.2) is 34.3 Å². The molecule has 0 bridgehead atoms. The van der Waals surface area contributed by atoms with Crippen LogP contribution in [0.2, 0.25) is 0 Å². The largest absolute Gasteiger partial charge is 0.507 e. The Morgan fingerprint density at radius 3 is 1.76 bits per heavy atom. The number of nitrogens with zero attached hydrogens (tertiary/aromatic N) is 5. The summed E-state index contributed by atoms with van der Waals surface area (Å²) in [5.41, 5.74) is 5.68. The predicted octanol–water partition coefficient (Wildman–Crippen LogP) is 7.73. The van der Waals surface area contributed by atoms with Gasteiger partial charge in [0.05, 0.1) is 51.9 Å². The zero-order chi connectivity index (χ0) is 42.3. The van der Waals surface area contributed by atoms with Gasteiger partial charge in [0, 0.05) is 59.3 Å². The van der Waals surface area contributed by atoms with Crippen molar-refractivity contribution in [2.24, 2.45) is 9.98 Å². The number of aliphatic imine (C=N–C) groups is 2. The summed E-state index contributed by atoms with van der Waals surface area (Å²) in [5.74, 6) is -0.554. The average molecular weight is 841 g/mol. The quantitative estimate of drug-likeness (QED) is 0.108. The van der Waals surface area contributed by atoms with Gasteiger partial charge in [-0.3, -0.25) is 33.9 Å². The third-order valence-corrected chi connectivity index (χ3v) is 11.3. The molecule has 3 aliphatic rings. The molecule has 4 N–H and O–H groups in total. The number of hydrogen-bond donors (Lipinski definition) is 4. The van der Waals surface area contributed by atoms with Crippen LogP contribution in [0.4, 0.5) is 0 Å². The Balaban J connectivity index is 0.00000103. The van der Waals surface area contributed by atoms with Crippen LogP contribution in [0.5, 0.6) is 11.5 Å². The Bertz CT molecular complexity index is 1820. The van der Waals surface area contributed by atoms with Gasteiger partial charge in [0.15, 0.2) is 0 Å². The molecule has 1 aliphatic carbocycles. The topological polar surface area (TPSA) is 149 Å². The smallest absolute Gasteiger partial charge is 0.350 e. The molecule has 2 heterocycles. The Kier molecular flexibility index (Phi) is 17.1. The second kappa shape index (κ2) is 20.4. The fraction of sp³-hybridized carbons (Fsp3) is 0.630. The number of phenols is 2. The first kappa shape index (κ1) is 48.5. The molecule has 0 radical (unpaired) electrons. The van der Waals surface area contributed by atoms with Gasteiger partial charge < -0.3 is 20.4 Å². The molecule has 11 nitrogen and oxygen atoms in total.